The molecule has 3 nitrogen and oxygen atoms in total. The highest BCUT2D eigenvalue weighted by atomic mass is 16.3. The quantitative estimate of drug-likeness (QED) is 0.777. The van der Waals surface area contributed by atoms with Crippen molar-refractivity contribution >= 4 is 0 Å². The second kappa shape index (κ2) is 3.75. The molecule has 2 heterocycles. The molecule has 0 amide bonds. The minimum Gasteiger partial charge on any atom is -0.468 e. The molecule has 1 aromatic heterocycles. The molecule has 1 saturated heterocycles. The number of piperidine rings is 1. The average Bonchev–Trinajstić information content (AvgIpc) is 2.54. The molecule has 2 N–H and O–H groups in total. The zero-order valence-corrected chi connectivity index (χ0v) is 8.70. The van der Waals surface area contributed by atoms with E-state index in [4.69, 9.17) is 10.2 Å². The molecule has 0 aromatic carbocycles. The predicted octanol–water partition coefficient (Wildman–Crippen LogP) is 1.59. The smallest absolute Gasteiger partial charge is 0.117 e. The number of furan rings is 1. The van der Waals surface area contributed by atoms with E-state index in [9.17, 15) is 0 Å². The van der Waals surface area contributed by atoms with E-state index >= 15 is 0 Å². The van der Waals surface area contributed by atoms with Gasteiger partial charge < -0.3 is 10.2 Å². The number of nitrogens with zero attached hydrogens (tertiary/aromatic N) is 1. The van der Waals surface area contributed by atoms with Crippen LogP contribution in [0.25, 0.3) is 0 Å². The van der Waals surface area contributed by atoms with Crippen LogP contribution in [-0.4, -0.2) is 23.5 Å². The molecule has 3 heteroatoms. The van der Waals surface area contributed by atoms with Crippen molar-refractivity contribution in [1.82, 2.24) is 4.90 Å². The van der Waals surface area contributed by atoms with Crippen LogP contribution in [0.1, 0.15) is 25.5 Å². The van der Waals surface area contributed by atoms with E-state index in [0.29, 0.717) is 0 Å². The standard InChI is InChI=1S/C11H18N2O/c1-11(12)5-3-6-13(9-11)8-10-4-2-7-14-10/h2,4,7H,3,5-6,8-9,12H2,1H3. The Morgan fingerprint density at radius 2 is 2.50 bits per heavy atom. The van der Waals surface area contributed by atoms with E-state index in [2.05, 4.69) is 11.8 Å². The summed E-state index contributed by atoms with van der Waals surface area (Å²) in [6.45, 7) is 5.11. The van der Waals surface area contributed by atoms with Crippen molar-refractivity contribution in [1.29, 1.82) is 0 Å². The van der Waals surface area contributed by atoms with Gasteiger partial charge in [0.25, 0.3) is 0 Å². The largest absolute Gasteiger partial charge is 0.468 e. The Morgan fingerprint density at radius 1 is 1.64 bits per heavy atom. The Kier molecular flexibility index (Phi) is 2.61. The maximum Gasteiger partial charge on any atom is 0.117 e. The topological polar surface area (TPSA) is 42.4 Å². The SMILES string of the molecule is CC1(N)CCCN(Cc2ccco2)C1. The van der Waals surface area contributed by atoms with E-state index in [-0.39, 0.29) is 5.54 Å². The monoisotopic (exact) mass is 194 g/mol. The number of nitrogens with two attached hydrogens (primary N) is 1. The fourth-order valence-corrected chi connectivity index (χ4v) is 2.13. The van der Waals surface area contributed by atoms with Gasteiger partial charge in [-0.25, -0.2) is 0 Å². The van der Waals surface area contributed by atoms with Crippen molar-refractivity contribution in [2.75, 3.05) is 13.1 Å². The highest BCUT2D eigenvalue weighted by Gasteiger charge is 2.26. The summed E-state index contributed by atoms with van der Waals surface area (Å²) in [5.74, 6) is 1.03. The van der Waals surface area contributed by atoms with Gasteiger partial charge in [-0.1, -0.05) is 0 Å². The molecule has 0 saturated carbocycles. The van der Waals surface area contributed by atoms with Gasteiger partial charge in [0.15, 0.2) is 0 Å². The number of rotatable bonds is 2. The molecule has 1 unspecified atom stereocenters. The van der Waals surface area contributed by atoms with E-state index in [1.807, 2.05) is 12.1 Å². The van der Waals surface area contributed by atoms with Gasteiger partial charge in [0.1, 0.15) is 5.76 Å². The number of hydrogen-bond acceptors (Lipinski definition) is 3. The molecule has 14 heavy (non-hydrogen) atoms. The molecule has 0 radical (unpaired) electrons. The van der Waals surface area contributed by atoms with E-state index in [0.717, 1.165) is 31.8 Å². The summed E-state index contributed by atoms with van der Waals surface area (Å²) in [5, 5.41) is 0. The van der Waals surface area contributed by atoms with Gasteiger partial charge >= 0.3 is 0 Å². The zero-order valence-electron chi connectivity index (χ0n) is 8.70. The van der Waals surface area contributed by atoms with Crippen LogP contribution in [-0.2, 0) is 6.54 Å². The summed E-state index contributed by atoms with van der Waals surface area (Å²) < 4.78 is 5.32. The van der Waals surface area contributed by atoms with Gasteiger partial charge in [-0.2, -0.15) is 0 Å². The molecule has 1 aromatic rings. The van der Waals surface area contributed by atoms with Crippen molar-refractivity contribution in [3.63, 3.8) is 0 Å². The summed E-state index contributed by atoms with van der Waals surface area (Å²) in [7, 11) is 0. The summed E-state index contributed by atoms with van der Waals surface area (Å²) in [6.07, 6.45) is 4.04. The Balaban J connectivity index is 1.92. The molecule has 1 fully saturated rings. The Labute approximate surface area is 84.9 Å². The third kappa shape index (κ3) is 2.36. The van der Waals surface area contributed by atoms with Crippen molar-refractivity contribution < 1.29 is 4.42 Å². The lowest BCUT2D eigenvalue weighted by molar-refractivity contribution is 0.144. The molecule has 1 aliphatic heterocycles. The molecule has 0 aliphatic carbocycles. The van der Waals surface area contributed by atoms with E-state index in [1.165, 1.54) is 6.42 Å². The second-order valence-corrected chi connectivity index (χ2v) is 4.55. The third-order valence-electron chi connectivity index (χ3n) is 2.77. The minimum atomic E-state index is -0.0230. The van der Waals surface area contributed by atoms with Crippen molar-refractivity contribution in [3.05, 3.63) is 24.2 Å². The molecule has 0 spiro atoms. The lowest BCUT2D eigenvalue weighted by atomic mass is 9.92. The lowest BCUT2D eigenvalue weighted by Gasteiger charge is -2.37. The van der Waals surface area contributed by atoms with Crippen LogP contribution in [0.4, 0.5) is 0 Å². The summed E-state index contributed by atoms with van der Waals surface area (Å²) in [6, 6.07) is 3.95. The predicted molar refractivity (Wildman–Crippen MR) is 55.8 cm³/mol. The molecular weight excluding hydrogens is 176 g/mol. The lowest BCUT2D eigenvalue weighted by Crippen LogP contribution is -2.51. The first-order valence-corrected chi connectivity index (χ1v) is 5.19. The zero-order chi connectivity index (χ0) is 10.0. The molecular formula is C11H18N2O. The van der Waals surface area contributed by atoms with Crippen LogP contribution in [0.3, 0.4) is 0 Å². The maximum absolute atomic E-state index is 6.12. The first-order chi connectivity index (χ1) is 6.66. The summed E-state index contributed by atoms with van der Waals surface area (Å²) >= 11 is 0. The van der Waals surface area contributed by atoms with Gasteiger partial charge in [0.2, 0.25) is 0 Å². The van der Waals surface area contributed by atoms with Crippen LogP contribution < -0.4 is 5.73 Å². The van der Waals surface area contributed by atoms with Crippen LogP contribution in [0.5, 0.6) is 0 Å². The second-order valence-electron chi connectivity index (χ2n) is 4.55. The normalized spacial score (nSPS) is 29.3. The van der Waals surface area contributed by atoms with Gasteiger partial charge in [-0.05, 0) is 38.4 Å². The van der Waals surface area contributed by atoms with Crippen LogP contribution >= 0.6 is 0 Å². The molecule has 1 aliphatic rings. The highest BCUT2D eigenvalue weighted by Crippen LogP contribution is 2.19. The van der Waals surface area contributed by atoms with E-state index < -0.39 is 0 Å². The Bertz CT molecular complexity index is 279. The van der Waals surface area contributed by atoms with Gasteiger partial charge in [-0.3, -0.25) is 4.90 Å². The highest BCUT2D eigenvalue weighted by molar-refractivity contribution is 4.99. The fraction of sp³-hybridized carbons (Fsp3) is 0.636. The van der Waals surface area contributed by atoms with Crippen LogP contribution in [0, 0.1) is 0 Å². The van der Waals surface area contributed by atoms with Gasteiger partial charge in [0.05, 0.1) is 12.8 Å². The minimum absolute atomic E-state index is 0.0230. The fourth-order valence-electron chi connectivity index (χ4n) is 2.13. The van der Waals surface area contributed by atoms with Gasteiger partial charge in [-0.15, -0.1) is 0 Å². The molecule has 0 bridgehead atoms. The Morgan fingerprint density at radius 3 is 3.14 bits per heavy atom. The first kappa shape index (κ1) is 9.74. The van der Waals surface area contributed by atoms with Crippen molar-refractivity contribution in [2.24, 2.45) is 5.73 Å². The van der Waals surface area contributed by atoms with Crippen molar-refractivity contribution in [3.8, 4) is 0 Å². The molecule has 1 atom stereocenters. The van der Waals surface area contributed by atoms with Crippen LogP contribution in [0.15, 0.2) is 22.8 Å². The molecule has 2 rings (SSSR count). The third-order valence-corrected chi connectivity index (χ3v) is 2.77. The summed E-state index contributed by atoms with van der Waals surface area (Å²) in [4.78, 5) is 2.36. The van der Waals surface area contributed by atoms with E-state index in [1.54, 1.807) is 6.26 Å². The van der Waals surface area contributed by atoms with Crippen molar-refractivity contribution in [2.45, 2.75) is 31.8 Å². The number of hydrogen-bond donors (Lipinski definition) is 1. The summed E-state index contributed by atoms with van der Waals surface area (Å²) in [5.41, 5.74) is 6.10. The first-order valence-electron chi connectivity index (χ1n) is 5.19. The average molecular weight is 194 g/mol. The molecule has 78 valence electrons. The maximum atomic E-state index is 6.12. The van der Waals surface area contributed by atoms with Gasteiger partial charge in [0, 0.05) is 12.1 Å². The Hall–Kier alpha value is -0.800. The van der Waals surface area contributed by atoms with Crippen LogP contribution in [0.2, 0.25) is 0 Å². The number of likely N-dealkylation sites (tertiary alicyclic amines) is 1.